The highest BCUT2D eigenvalue weighted by atomic mass is 32.1. The van der Waals surface area contributed by atoms with E-state index in [1.54, 1.807) is 0 Å². The van der Waals surface area contributed by atoms with Crippen molar-refractivity contribution in [2.24, 2.45) is 0 Å². The van der Waals surface area contributed by atoms with Crippen molar-refractivity contribution >= 4 is 23.2 Å². The van der Waals surface area contributed by atoms with Gasteiger partial charge in [-0.1, -0.05) is 42.5 Å². The van der Waals surface area contributed by atoms with Crippen molar-refractivity contribution in [2.75, 3.05) is 19.7 Å². The fraction of sp³-hybridized carbons (Fsp3) is 0.320. The summed E-state index contributed by atoms with van der Waals surface area (Å²) >= 11 is 1.48. The molecule has 4 rings (SSSR count). The van der Waals surface area contributed by atoms with Crippen LogP contribution in [0.1, 0.15) is 37.1 Å². The molecule has 1 aromatic heterocycles. The molecule has 32 heavy (non-hydrogen) atoms. The molecule has 1 atom stereocenters. The van der Waals surface area contributed by atoms with E-state index in [-0.39, 0.29) is 18.2 Å². The van der Waals surface area contributed by atoms with Gasteiger partial charge in [-0.25, -0.2) is 4.98 Å². The summed E-state index contributed by atoms with van der Waals surface area (Å²) in [6.07, 6.45) is 2.13. The molecular formula is C25H27N3O3S. The van der Waals surface area contributed by atoms with Gasteiger partial charge in [0.2, 0.25) is 11.8 Å². The maximum Gasteiger partial charge on any atom is 0.249 e. The zero-order chi connectivity index (χ0) is 22.3. The third kappa shape index (κ3) is 5.16. The largest absolute Gasteiger partial charge is 0.493 e. The molecule has 7 heteroatoms. The van der Waals surface area contributed by atoms with Gasteiger partial charge < -0.3 is 15.0 Å². The molecule has 2 heterocycles. The number of carbonyl (C=O) groups is 2. The second-order valence-corrected chi connectivity index (χ2v) is 8.55. The van der Waals surface area contributed by atoms with Crippen molar-refractivity contribution in [1.82, 2.24) is 15.2 Å². The van der Waals surface area contributed by atoms with Gasteiger partial charge in [0.1, 0.15) is 16.8 Å². The lowest BCUT2D eigenvalue weighted by Crippen LogP contribution is -2.42. The monoisotopic (exact) mass is 449 g/mol. The minimum atomic E-state index is -0.682. The number of hydrogen-bond donors (Lipinski definition) is 1. The zero-order valence-electron chi connectivity index (χ0n) is 18.1. The maximum absolute atomic E-state index is 13.1. The Hall–Kier alpha value is -3.19. The summed E-state index contributed by atoms with van der Waals surface area (Å²) in [7, 11) is 0. The standard InChI is InChI=1S/C25H27N3O3S/c1-2-31-21-13-7-6-12-20(21)24-26-19(17-32-24)16-22(29)27-23(18-10-4-3-5-11-18)25(30)28-14-8-9-15-28/h3-7,10-13,17,23H,2,8-9,14-16H2,1H3,(H,27,29)/t23-/m1/s1. The minimum Gasteiger partial charge on any atom is -0.493 e. The third-order valence-corrected chi connectivity index (χ3v) is 6.34. The fourth-order valence-corrected chi connectivity index (χ4v) is 4.72. The molecule has 3 aromatic rings. The Bertz CT molecular complexity index is 1060. The molecule has 0 unspecified atom stereocenters. The van der Waals surface area contributed by atoms with Crippen molar-refractivity contribution in [3.05, 3.63) is 71.2 Å². The molecule has 2 aromatic carbocycles. The lowest BCUT2D eigenvalue weighted by atomic mass is 10.1. The van der Waals surface area contributed by atoms with E-state index in [9.17, 15) is 9.59 Å². The zero-order valence-corrected chi connectivity index (χ0v) is 18.9. The normalized spacial score (nSPS) is 14.2. The third-order valence-electron chi connectivity index (χ3n) is 5.41. The molecule has 0 spiro atoms. The second kappa shape index (κ2) is 10.4. The Morgan fingerprint density at radius 1 is 1.09 bits per heavy atom. The predicted molar refractivity (Wildman–Crippen MR) is 126 cm³/mol. The quantitative estimate of drug-likeness (QED) is 0.559. The molecule has 1 saturated heterocycles. The van der Waals surface area contributed by atoms with Gasteiger partial charge >= 0.3 is 0 Å². The van der Waals surface area contributed by atoms with Gasteiger partial charge in [-0.3, -0.25) is 9.59 Å². The van der Waals surface area contributed by atoms with Gasteiger partial charge in [0.05, 0.1) is 24.3 Å². The van der Waals surface area contributed by atoms with Crippen molar-refractivity contribution in [3.63, 3.8) is 0 Å². The van der Waals surface area contributed by atoms with E-state index in [2.05, 4.69) is 10.3 Å². The lowest BCUT2D eigenvalue weighted by molar-refractivity contribution is -0.135. The average molecular weight is 450 g/mol. The Labute approximate surface area is 192 Å². The van der Waals surface area contributed by atoms with E-state index in [1.165, 1.54) is 11.3 Å². The Kier molecular flexibility index (Phi) is 7.17. The molecular weight excluding hydrogens is 422 g/mol. The van der Waals surface area contributed by atoms with E-state index in [4.69, 9.17) is 4.74 Å². The summed E-state index contributed by atoms with van der Waals surface area (Å²) in [5.41, 5.74) is 2.38. The number of hydrogen-bond acceptors (Lipinski definition) is 5. The van der Waals surface area contributed by atoms with E-state index in [0.29, 0.717) is 12.3 Å². The molecule has 0 bridgehead atoms. The van der Waals surface area contributed by atoms with E-state index in [0.717, 1.165) is 47.8 Å². The molecule has 2 amide bonds. The molecule has 6 nitrogen and oxygen atoms in total. The number of likely N-dealkylation sites (tertiary alicyclic amines) is 1. The van der Waals surface area contributed by atoms with E-state index in [1.807, 2.05) is 71.8 Å². The number of thiazole rings is 1. The van der Waals surface area contributed by atoms with Crippen LogP contribution in [-0.2, 0) is 16.0 Å². The number of para-hydroxylation sites is 1. The van der Waals surface area contributed by atoms with Gasteiger partial charge in [0.15, 0.2) is 0 Å². The van der Waals surface area contributed by atoms with Crippen molar-refractivity contribution in [2.45, 2.75) is 32.2 Å². The number of rotatable bonds is 8. The topological polar surface area (TPSA) is 71.5 Å². The summed E-state index contributed by atoms with van der Waals surface area (Å²) in [6, 6.07) is 16.5. The Balaban J connectivity index is 1.48. The Morgan fingerprint density at radius 3 is 2.56 bits per heavy atom. The van der Waals surface area contributed by atoms with Gasteiger partial charge in [-0.15, -0.1) is 11.3 Å². The number of amides is 2. The highest BCUT2D eigenvalue weighted by Gasteiger charge is 2.29. The summed E-state index contributed by atoms with van der Waals surface area (Å²) < 4.78 is 5.70. The van der Waals surface area contributed by atoms with Crippen LogP contribution >= 0.6 is 11.3 Å². The van der Waals surface area contributed by atoms with Gasteiger partial charge in [-0.05, 0) is 37.5 Å². The molecule has 1 N–H and O–H groups in total. The first-order chi connectivity index (χ1) is 15.7. The summed E-state index contributed by atoms with van der Waals surface area (Å²) in [5.74, 6) is 0.508. The van der Waals surface area contributed by atoms with Crippen molar-refractivity contribution < 1.29 is 14.3 Å². The first-order valence-electron chi connectivity index (χ1n) is 11.0. The van der Waals surface area contributed by atoms with Crippen LogP contribution < -0.4 is 10.1 Å². The summed E-state index contributed by atoms with van der Waals surface area (Å²) in [6.45, 7) is 4.00. The van der Waals surface area contributed by atoms with E-state index >= 15 is 0 Å². The van der Waals surface area contributed by atoms with Gasteiger partial charge in [0.25, 0.3) is 0 Å². The average Bonchev–Trinajstić information content (AvgIpc) is 3.51. The number of ether oxygens (including phenoxy) is 1. The first kappa shape index (κ1) is 22.0. The van der Waals surface area contributed by atoms with E-state index < -0.39 is 6.04 Å². The van der Waals surface area contributed by atoms with Crippen LogP contribution in [0, 0.1) is 0 Å². The molecule has 1 aliphatic rings. The van der Waals surface area contributed by atoms with Crippen LogP contribution in [-0.4, -0.2) is 41.4 Å². The predicted octanol–water partition coefficient (Wildman–Crippen LogP) is 4.23. The minimum absolute atomic E-state index is 0.0494. The second-order valence-electron chi connectivity index (χ2n) is 7.69. The molecule has 0 radical (unpaired) electrons. The number of nitrogens with one attached hydrogen (secondary N) is 1. The maximum atomic E-state index is 13.1. The molecule has 1 aliphatic heterocycles. The van der Waals surface area contributed by atoms with Gasteiger partial charge in [-0.2, -0.15) is 0 Å². The molecule has 1 fully saturated rings. The smallest absolute Gasteiger partial charge is 0.249 e. The number of benzene rings is 2. The fourth-order valence-electron chi connectivity index (χ4n) is 3.87. The van der Waals surface area contributed by atoms with Crippen molar-refractivity contribution in [3.8, 4) is 16.3 Å². The SMILES string of the molecule is CCOc1ccccc1-c1nc(CC(=O)N[C@@H](C(=O)N2CCCC2)c2ccccc2)cs1. The van der Waals surface area contributed by atoms with Crippen LogP contribution in [0.4, 0.5) is 0 Å². The molecule has 166 valence electrons. The molecule has 0 saturated carbocycles. The van der Waals surface area contributed by atoms with Gasteiger partial charge in [0, 0.05) is 18.5 Å². The van der Waals surface area contributed by atoms with Crippen LogP contribution in [0.25, 0.3) is 10.6 Å². The summed E-state index contributed by atoms with van der Waals surface area (Å²) in [5, 5.41) is 5.65. The Morgan fingerprint density at radius 2 is 1.81 bits per heavy atom. The number of carbonyl (C=O) groups excluding carboxylic acids is 2. The summed E-state index contributed by atoms with van der Waals surface area (Å²) in [4.78, 5) is 32.5. The number of aromatic nitrogens is 1. The number of nitrogens with zero attached hydrogens (tertiary/aromatic N) is 2. The van der Waals surface area contributed by atoms with Crippen molar-refractivity contribution in [1.29, 1.82) is 0 Å². The van der Waals surface area contributed by atoms with Crippen LogP contribution in [0.5, 0.6) is 5.75 Å². The highest BCUT2D eigenvalue weighted by molar-refractivity contribution is 7.13. The first-order valence-corrected chi connectivity index (χ1v) is 11.8. The van der Waals surface area contributed by atoms with Crippen LogP contribution in [0.15, 0.2) is 60.0 Å². The van der Waals surface area contributed by atoms with Crippen LogP contribution in [0.2, 0.25) is 0 Å². The highest BCUT2D eigenvalue weighted by Crippen LogP contribution is 2.32. The molecule has 0 aliphatic carbocycles. The lowest BCUT2D eigenvalue weighted by Gasteiger charge is -2.24. The van der Waals surface area contributed by atoms with Crippen LogP contribution in [0.3, 0.4) is 0 Å².